The number of rotatable bonds is 4. The fourth-order valence-electron chi connectivity index (χ4n) is 3.20. The van der Waals surface area contributed by atoms with E-state index in [4.69, 9.17) is 16.6 Å². The summed E-state index contributed by atoms with van der Waals surface area (Å²) >= 11 is 7.86. The lowest BCUT2D eigenvalue weighted by molar-refractivity contribution is -0.131. The largest absolute Gasteiger partial charge is 0.286 e. The fraction of sp³-hybridized carbons (Fsp3) is 0.182. The predicted octanol–water partition coefficient (Wildman–Crippen LogP) is 5.08. The Kier molecular flexibility index (Phi) is 5.46. The van der Waals surface area contributed by atoms with Crippen molar-refractivity contribution < 1.29 is 4.79 Å². The number of allylic oxidation sites excluding steroid dienone is 2. The van der Waals surface area contributed by atoms with Gasteiger partial charge >= 0.3 is 0 Å². The molecule has 1 heterocycles. The molecule has 0 spiro atoms. The average molecular weight is 395 g/mol. The monoisotopic (exact) mass is 394 g/mol. The van der Waals surface area contributed by atoms with Crippen molar-refractivity contribution in [2.45, 2.75) is 18.3 Å². The van der Waals surface area contributed by atoms with Gasteiger partial charge in [0.25, 0.3) is 0 Å². The minimum atomic E-state index is -0.219. The first kappa shape index (κ1) is 18.1. The highest BCUT2D eigenvalue weighted by atomic mass is 35.5. The molecule has 0 saturated heterocycles. The molecule has 2 aliphatic rings. The molecule has 0 fully saturated rings. The Labute approximate surface area is 168 Å². The van der Waals surface area contributed by atoms with E-state index in [-0.39, 0.29) is 17.9 Å². The van der Waals surface area contributed by atoms with Crippen LogP contribution in [-0.2, 0) is 17.1 Å². The Morgan fingerprint density at radius 2 is 1.74 bits per heavy atom. The minimum Gasteiger partial charge on any atom is -0.286 e. The van der Waals surface area contributed by atoms with Crippen LogP contribution in [0.5, 0.6) is 0 Å². The number of thioether (sulfide) groups is 1. The maximum Gasteiger partial charge on any atom is 0.238 e. The molecule has 136 valence electrons. The van der Waals surface area contributed by atoms with Crippen LogP contribution in [0.15, 0.2) is 83.9 Å². The van der Waals surface area contributed by atoms with E-state index in [1.165, 1.54) is 0 Å². The first-order valence-electron chi connectivity index (χ1n) is 8.86. The lowest BCUT2D eigenvalue weighted by Crippen LogP contribution is -2.46. The fourth-order valence-corrected chi connectivity index (χ4v) is 4.53. The third-order valence-electron chi connectivity index (χ3n) is 4.65. The Morgan fingerprint density at radius 3 is 2.56 bits per heavy atom. The number of benzene rings is 2. The zero-order valence-electron chi connectivity index (χ0n) is 14.7. The first-order chi connectivity index (χ1) is 13.2. The average Bonchev–Trinajstić information content (AvgIpc) is 2.71. The molecule has 27 heavy (non-hydrogen) atoms. The Bertz CT molecular complexity index is 923. The molecule has 2 atom stereocenters. The SMILES string of the molecule is O=C1[C@H]2C=CC=C[C@@H]2N=C(SCc2ccccc2Cl)N1Cc1ccccc1. The van der Waals surface area contributed by atoms with Gasteiger partial charge in [-0.15, -0.1) is 0 Å². The van der Waals surface area contributed by atoms with Gasteiger partial charge in [0.05, 0.1) is 18.5 Å². The lowest BCUT2D eigenvalue weighted by Gasteiger charge is -2.35. The van der Waals surface area contributed by atoms with Gasteiger partial charge in [0.1, 0.15) is 0 Å². The summed E-state index contributed by atoms with van der Waals surface area (Å²) < 4.78 is 0. The summed E-state index contributed by atoms with van der Waals surface area (Å²) in [5.74, 6) is 0.554. The van der Waals surface area contributed by atoms with Gasteiger partial charge in [-0.05, 0) is 17.2 Å². The van der Waals surface area contributed by atoms with Gasteiger partial charge in [0, 0.05) is 10.8 Å². The van der Waals surface area contributed by atoms with E-state index in [9.17, 15) is 4.79 Å². The molecular weight excluding hydrogens is 376 g/mol. The predicted molar refractivity (Wildman–Crippen MR) is 113 cm³/mol. The van der Waals surface area contributed by atoms with E-state index in [1.807, 2.05) is 83.8 Å². The van der Waals surface area contributed by atoms with Gasteiger partial charge in [-0.1, -0.05) is 96.2 Å². The van der Waals surface area contributed by atoms with Crippen LogP contribution in [0.3, 0.4) is 0 Å². The van der Waals surface area contributed by atoms with Gasteiger partial charge in [0.2, 0.25) is 5.91 Å². The second-order valence-corrected chi connectivity index (χ2v) is 7.84. The van der Waals surface area contributed by atoms with E-state index < -0.39 is 0 Å². The van der Waals surface area contributed by atoms with E-state index in [2.05, 4.69) is 0 Å². The van der Waals surface area contributed by atoms with Gasteiger partial charge in [-0.25, -0.2) is 0 Å². The molecule has 2 aromatic carbocycles. The summed E-state index contributed by atoms with van der Waals surface area (Å²) in [5, 5.41) is 1.49. The van der Waals surface area contributed by atoms with Crippen LogP contribution in [0.4, 0.5) is 0 Å². The summed E-state index contributed by atoms with van der Waals surface area (Å²) in [7, 11) is 0. The number of hydrogen-bond donors (Lipinski definition) is 0. The molecule has 0 N–H and O–H groups in total. The Balaban J connectivity index is 1.61. The maximum absolute atomic E-state index is 13.2. The number of carbonyl (C=O) groups excluding carboxylic acids is 1. The topological polar surface area (TPSA) is 32.7 Å². The zero-order valence-corrected chi connectivity index (χ0v) is 16.2. The molecule has 1 amide bonds. The highest BCUT2D eigenvalue weighted by Crippen LogP contribution is 2.31. The van der Waals surface area contributed by atoms with Crippen LogP contribution < -0.4 is 0 Å². The molecular formula is C22H19ClN2OS. The third kappa shape index (κ3) is 4.02. The molecule has 2 aromatic rings. The van der Waals surface area contributed by atoms with Crippen molar-refractivity contribution in [1.82, 2.24) is 4.90 Å². The lowest BCUT2D eigenvalue weighted by atomic mass is 9.93. The Morgan fingerprint density at radius 1 is 1.00 bits per heavy atom. The number of halogens is 1. The molecule has 0 bridgehead atoms. The van der Waals surface area contributed by atoms with Crippen molar-refractivity contribution in [3.63, 3.8) is 0 Å². The van der Waals surface area contributed by atoms with Gasteiger partial charge in [0.15, 0.2) is 5.17 Å². The number of nitrogens with zero attached hydrogens (tertiary/aromatic N) is 2. The Hall–Kier alpha value is -2.30. The maximum atomic E-state index is 13.2. The highest BCUT2D eigenvalue weighted by molar-refractivity contribution is 8.13. The van der Waals surface area contributed by atoms with Crippen molar-refractivity contribution >= 4 is 34.4 Å². The molecule has 0 saturated carbocycles. The zero-order chi connectivity index (χ0) is 18.6. The number of aliphatic imine (C=N–C) groups is 1. The molecule has 1 aliphatic heterocycles. The summed E-state index contributed by atoms with van der Waals surface area (Å²) in [6.45, 7) is 0.523. The van der Waals surface area contributed by atoms with Crippen LogP contribution >= 0.6 is 23.4 Å². The summed E-state index contributed by atoms with van der Waals surface area (Å²) in [6.07, 6.45) is 7.83. The van der Waals surface area contributed by atoms with Gasteiger partial charge < -0.3 is 0 Å². The number of carbonyl (C=O) groups is 1. The van der Waals surface area contributed by atoms with Crippen LogP contribution in [-0.4, -0.2) is 22.0 Å². The molecule has 5 heteroatoms. The van der Waals surface area contributed by atoms with Crippen LogP contribution in [0, 0.1) is 5.92 Å². The van der Waals surface area contributed by atoms with Crippen molar-refractivity contribution in [2.75, 3.05) is 0 Å². The van der Waals surface area contributed by atoms with E-state index in [0.29, 0.717) is 12.3 Å². The van der Waals surface area contributed by atoms with Crippen molar-refractivity contribution in [3.05, 3.63) is 95.1 Å². The molecule has 4 rings (SSSR count). The van der Waals surface area contributed by atoms with Crippen molar-refractivity contribution in [2.24, 2.45) is 10.9 Å². The molecule has 3 nitrogen and oxygen atoms in total. The standard InChI is InChI=1S/C22H19ClN2OS/c23-19-12-6-4-10-17(19)15-27-22-24-20-13-7-5-11-18(20)21(26)25(22)14-16-8-2-1-3-9-16/h1-13,18,20H,14-15H2/t18-,20-/m0/s1. The number of amidine groups is 1. The van der Waals surface area contributed by atoms with E-state index in [1.54, 1.807) is 11.8 Å². The van der Waals surface area contributed by atoms with Gasteiger partial charge in [-0.3, -0.25) is 14.7 Å². The van der Waals surface area contributed by atoms with E-state index >= 15 is 0 Å². The molecule has 0 aromatic heterocycles. The van der Waals surface area contributed by atoms with Gasteiger partial charge in [-0.2, -0.15) is 0 Å². The molecule has 1 aliphatic carbocycles. The summed E-state index contributed by atoms with van der Waals surface area (Å²) in [5.41, 5.74) is 2.13. The first-order valence-corrected chi connectivity index (χ1v) is 10.2. The number of amides is 1. The van der Waals surface area contributed by atoms with Crippen molar-refractivity contribution in [3.8, 4) is 0 Å². The third-order valence-corrected chi connectivity index (χ3v) is 6.05. The van der Waals surface area contributed by atoms with E-state index in [0.717, 1.165) is 21.3 Å². The minimum absolute atomic E-state index is 0.0983. The second kappa shape index (κ2) is 8.15. The quantitative estimate of drug-likeness (QED) is 0.724. The van der Waals surface area contributed by atoms with Crippen molar-refractivity contribution in [1.29, 1.82) is 0 Å². The normalized spacial score (nSPS) is 21.1. The molecule has 0 unspecified atom stereocenters. The number of hydrogen-bond acceptors (Lipinski definition) is 3. The number of fused-ring (bicyclic) bond motifs is 1. The summed E-state index contributed by atoms with van der Waals surface area (Å²) in [4.78, 5) is 19.9. The van der Waals surface area contributed by atoms with Crippen LogP contribution in [0.25, 0.3) is 0 Å². The summed E-state index contributed by atoms with van der Waals surface area (Å²) in [6, 6.07) is 17.7. The smallest absolute Gasteiger partial charge is 0.238 e. The second-order valence-electron chi connectivity index (χ2n) is 6.49. The molecule has 0 radical (unpaired) electrons. The van der Waals surface area contributed by atoms with Crippen LogP contribution in [0.2, 0.25) is 5.02 Å². The van der Waals surface area contributed by atoms with Crippen LogP contribution in [0.1, 0.15) is 11.1 Å². The highest BCUT2D eigenvalue weighted by Gasteiger charge is 2.36.